The van der Waals surface area contributed by atoms with Gasteiger partial charge in [-0.05, 0) is 20.8 Å². The predicted octanol–water partition coefficient (Wildman–Crippen LogP) is 0.259. The van der Waals surface area contributed by atoms with E-state index in [1.54, 1.807) is 20.8 Å². The van der Waals surface area contributed by atoms with Crippen LogP contribution < -0.4 is 0 Å². The minimum absolute atomic E-state index is 0.189. The van der Waals surface area contributed by atoms with Gasteiger partial charge in [-0.15, -0.1) is 0 Å². The molecule has 0 aromatic heterocycles. The Kier molecular flexibility index (Phi) is 2.70. The molecule has 0 radical (unpaired) electrons. The molecule has 1 aliphatic heterocycles. The Balaban J connectivity index is 2.63. The fraction of sp³-hybridized carbons (Fsp3) is 0.667. The second-order valence-electron chi connectivity index (χ2n) is 4.32. The van der Waals surface area contributed by atoms with E-state index in [4.69, 9.17) is 9.84 Å². The lowest BCUT2D eigenvalue weighted by molar-refractivity contribution is -0.155. The Morgan fingerprint density at radius 3 is 2.33 bits per heavy atom. The molecule has 0 aliphatic carbocycles. The lowest BCUT2D eigenvalue weighted by atomic mass is 10.0. The molecule has 1 heterocycles. The fourth-order valence-corrected chi connectivity index (χ4v) is 1.17. The van der Waals surface area contributed by atoms with Gasteiger partial charge >= 0.3 is 12.1 Å². The summed E-state index contributed by atoms with van der Waals surface area (Å²) in [5.41, 5.74) is -0.696. The summed E-state index contributed by atoms with van der Waals surface area (Å²) in [7, 11) is 0. The molecular formula is C9H13NO5. The highest BCUT2D eigenvalue weighted by atomic mass is 16.6. The first-order chi connectivity index (χ1) is 6.72. The van der Waals surface area contributed by atoms with Gasteiger partial charge in [-0.2, -0.15) is 0 Å². The number of ketones is 1. The van der Waals surface area contributed by atoms with Gasteiger partial charge in [0.05, 0.1) is 6.54 Å². The highest BCUT2D eigenvalue weighted by Crippen LogP contribution is 2.18. The number of carboxylic acid groups (broad SMARTS) is 1. The van der Waals surface area contributed by atoms with Crippen molar-refractivity contribution in [2.24, 2.45) is 0 Å². The maximum atomic E-state index is 11.4. The van der Waals surface area contributed by atoms with E-state index in [1.165, 1.54) is 0 Å². The highest BCUT2D eigenvalue weighted by Gasteiger charge is 2.47. The lowest BCUT2D eigenvalue weighted by Gasteiger charge is -2.36. The van der Waals surface area contributed by atoms with Gasteiger partial charge in [-0.1, -0.05) is 0 Å². The van der Waals surface area contributed by atoms with E-state index in [-0.39, 0.29) is 6.54 Å². The van der Waals surface area contributed by atoms with Crippen LogP contribution in [0.1, 0.15) is 20.8 Å². The third kappa shape index (κ3) is 2.45. The van der Waals surface area contributed by atoms with Gasteiger partial charge in [-0.25, -0.2) is 9.59 Å². The number of ether oxygens (including phenoxy) is 1. The topological polar surface area (TPSA) is 83.9 Å². The normalized spacial score (nSPS) is 20.9. The number of hydrogen-bond donors (Lipinski definition) is 1. The van der Waals surface area contributed by atoms with E-state index in [1.807, 2.05) is 0 Å². The molecule has 1 N–H and O–H groups in total. The first-order valence-electron chi connectivity index (χ1n) is 4.47. The number of Topliss-reactive ketones (excluding diaryl/α,β-unsaturated/α-hetero) is 1. The van der Waals surface area contributed by atoms with Gasteiger partial charge in [0.2, 0.25) is 0 Å². The van der Waals surface area contributed by atoms with Crippen LogP contribution in [0.25, 0.3) is 0 Å². The molecule has 1 amide bonds. The smallest absolute Gasteiger partial charge is 0.411 e. The summed E-state index contributed by atoms with van der Waals surface area (Å²) >= 11 is 0. The lowest BCUT2D eigenvalue weighted by Crippen LogP contribution is -2.63. The molecule has 1 fully saturated rings. The molecular weight excluding hydrogens is 202 g/mol. The summed E-state index contributed by atoms with van der Waals surface area (Å²) in [6.07, 6.45) is -0.769. The van der Waals surface area contributed by atoms with Crippen molar-refractivity contribution in [3.63, 3.8) is 0 Å². The van der Waals surface area contributed by atoms with Crippen LogP contribution in [0.4, 0.5) is 4.79 Å². The van der Waals surface area contributed by atoms with Crippen LogP contribution in [-0.2, 0) is 14.3 Å². The van der Waals surface area contributed by atoms with Crippen molar-refractivity contribution >= 4 is 17.8 Å². The number of carboxylic acids is 1. The minimum atomic E-state index is -1.38. The van der Waals surface area contributed by atoms with Crippen LogP contribution in [0.2, 0.25) is 0 Å². The van der Waals surface area contributed by atoms with Crippen LogP contribution in [0.15, 0.2) is 0 Å². The molecule has 0 bridgehead atoms. The molecule has 15 heavy (non-hydrogen) atoms. The van der Waals surface area contributed by atoms with Crippen molar-refractivity contribution in [2.45, 2.75) is 32.4 Å². The second-order valence-corrected chi connectivity index (χ2v) is 4.32. The van der Waals surface area contributed by atoms with E-state index in [0.29, 0.717) is 0 Å². The van der Waals surface area contributed by atoms with Gasteiger partial charge in [-0.3, -0.25) is 9.69 Å². The van der Waals surface area contributed by atoms with E-state index in [0.717, 1.165) is 4.90 Å². The number of likely N-dealkylation sites (tertiary alicyclic amines) is 1. The number of aliphatic carboxylic acids is 1. The third-order valence-corrected chi connectivity index (χ3v) is 1.80. The Bertz CT molecular complexity index is 309. The van der Waals surface area contributed by atoms with Gasteiger partial charge in [0.15, 0.2) is 11.8 Å². The van der Waals surface area contributed by atoms with Crippen molar-refractivity contribution in [2.75, 3.05) is 6.54 Å². The summed E-state index contributed by atoms with van der Waals surface area (Å²) in [4.78, 5) is 33.8. The maximum absolute atomic E-state index is 11.4. The van der Waals surface area contributed by atoms with Crippen LogP contribution >= 0.6 is 0 Å². The van der Waals surface area contributed by atoms with Gasteiger partial charge < -0.3 is 9.84 Å². The van der Waals surface area contributed by atoms with Crippen molar-refractivity contribution in [3.8, 4) is 0 Å². The van der Waals surface area contributed by atoms with Crippen LogP contribution in [0, 0.1) is 0 Å². The number of carbonyl (C=O) groups is 3. The maximum Gasteiger partial charge on any atom is 0.411 e. The summed E-state index contributed by atoms with van der Waals surface area (Å²) in [6, 6.07) is -1.38. The van der Waals surface area contributed by atoms with Crippen LogP contribution in [0.5, 0.6) is 0 Å². The molecule has 1 saturated heterocycles. The summed E-state index contributed by atoms with van der Waals surface area (Å²) in [5.74, 6) is -1.80. The summed E-state index contributed by atoms with van der Waals surface area (Å²) < 4.78 is 4.94. The van der Waals surface area contributed by atoms with Crippen LogP contribution in [0.3, 0.4) is 0 Å². The van der Waals surface area contributed by atoms with Crippen LogP contribution in [-0.4, -0.2) is 46.0 Å². The number of amides is 1. The molecule has 1 atom stereocenters. The molecule has 6 heteroatoms. The first-order valence-corrected chi connectivity index (χ1v) is 4.47. The quantitative estimate of drug-likeness (QED) is 0.634. The fourth-order valence-electron chi connectivity index (χ4n) is 1.17. The number of carbonyl (C=O) groups excluding carboxylic acids is 2. The monoisotopic (exact) mass is 215 g/mol. The van der Waals surface area contributed by atoms with E-state index in [2.05, 4.69) is 0 Å². The Labute approximate surface area is 86.8 Å². The standard InChI is InChI=1S/C9H13NO5/c1-9(2,3)15-8(14)10-4-5(11)6(10)7(12)13/h6H,4H2,1-3H3,(H,12,13). The molecule has 1 aliphatic rings. The zero-order valence-corrected chi connectivity index (χ0v) is 8.81. The molecule has 0 spiro atoms. The Morgan fingerprint density at radius 2 is 2.00 bits per heavy atom. The Hall–Kier alpha value is -1.59. The molecule has 0 saturated carbocycles. The molecule has 1 unspecified atom stereocenters. The molecule has 1 rings (SSSR count). The largest absolute Gasteiger partial charge is 0.479 e. The number of nitrogens with zero attached hydrogens (tertiary/aromatic N) is 1. The molecule has 84 valence electrons. The average Bonchev–Trinajstić information content (AvgIpc) is 1.94. The summed E-state index contributed by atoms with van der Waals surface area (Å²) in [6.45, 7) is 4.82. The van der Waals surface area contributed by atoms with Crippen molar-refractivity contribution in [1.82, 2.24) is 4.90 Å². The van der Waals surface area contributed by atoms with E-state index >= 15 is 0 Å². The van der Waals surface area contributed by atoms with Crippen molar-refractivity contribution in [1.29, 1.82) is 0 Å². The minimum Gasteiger partial charge on any atom is -0.479 e. The summed E-state index contributed by atoms with van der Waals surface area (Å²) in [5, 5.41) is 8.65. The average molecular weight is 215 g/mol. The molecule has 0 aromatic rings. The number of rotatable bonds is 1. The second kappa shape index (κ2) is 3.52. The predicted molar refractivity (Wildman–Crippen MR) is 49.4 cm³/mol. The third-order valence-electron chi connectivity index (χ3n) is 1.80. The van der Waals surface area contributed by atoms with Crippen molar-refractivity contribution in [3.05, 3.63) is 0 Å². The first kappa shape index (κ1) is 11.5. The zero-order chi connectivity index (χ0) is 11.8. The SMILES string of the molecule is CC(C)(C)OC(=O)N1CC(=O)C1C(=O)O. The number of hydrogen-bond acceptors (Lipinski definition) is 4. The highest BCUT2D eigenvalue weighted by molar-refractivity contribution is 6.11. The Morgan fingerprint density at radius 1 is 1.47 bits per heavy atom. The van der Waals surface area contributed by atoms with Gasteiger partial charge in [0.25, 0.3) is 0 Å². The van der Waals surface area contributed by atoms with Gasteiger partial charge in [0, 0.05) is 0 Å². The van der Waals surface area contributed by atoms with Crippen molar-refractivity contribution < 1.29 is 24.2 Å². The molecule has 0 aromatic carbocycles. The van der Waals surface area contributed by atoms with Gasteiger partial charge in [0.1, 0.15) is 5.60 Å². The molecule has 6 nitrogen and oxygen atoms in total. The van der Waals surface area contributed by atoms with E-state index in [9.17, 15) is 14.4 Å². The van der Waals surface area contributed by atoms with E-state index < -0.39 is 29.5 Å². The zero-order valence-electron chi connectivity index (χ0n) is 8.81.